The van der Waals surface area contributed by atoms with Crippen molar-refractivity contribution < 1.29 is 9.47 Å². The molecule has 1 unspecified atom stereocenters. The third kappa shape index (κ3) is 3.64. The summed E-state index contributed by atoms with van der Waals surface area (Å²) in [6, 6.07) is 6.86. The van der Waals surface area contributed by atoms with Crippen LogP contribution >= 0.6 is 0 Å². The third-order valence-corrected chi connectivity index (χ3v) is 4.13. The number of hydrogen-bond acceptors (Lipinski definition) is 4. The van der Waals surface area contributed by atoms with Crippen molar-refractivity contribution in [3.8, 4) is 11.5 Å². The molecule has 4 heteroatoms. The summed E-state index contributed by atoms with van der Waals surface area (Å²) >= 11 is 0. The molecule has 1 aliphatic rings. The molecule has 0 amide bonds. The van der Waals surface area contributed by atoms with Crippen molar-refractivity contribution in [2.75, 3.05) is 33.9 Å². The van der Waals surface area contributed by atoms with E-state index < -0.39 is 0 Å². The molecule has 0 aliphatic carbocycles. The monoisotopic (exact) mass is 278 g/mol. The topological polar surface area (TPSA) is 47.7 Å². The predicted octanol–water partition coefficient (Wildman–Crippen LogP) is 2.06. The van der Waals surface area contributed by atoms with E-state index >= 15 is 0 Å². The zero-order chi connectivity index (χ0) is 14.4. The van der Waals surface area contributed by atoms with E-state index in [-0.39, 0.29) is 0 Å². The second kappa shape index (κ2) is 7.50. The molecule has 20 heavy (non-hydrogen) atoms. The highest BCUT2D eigenvalue weighted by atomic mass is 16.5. The number of benzene rings is 1. The van der Waals surface area contributed by atoms with Gasteiger partial charge in [0.05, 0.1) is 14.2 Å². The van der Waals surface area contributed by atoms with E-state index in [1.807, 2.05) is 6.07 Å². The average Bonchev–Trinajstić information content (AvgIpc) is 2.92. The molecule has 1 aromatic carbocycles. The van der Waals surface area contributed by atoms with E-state index in [4.69, 9.17) is 15.2 Å². The van der Waals surface area contributed by atoms with E-state index in [2.05, 4.69) is 17.0 Å². The van der Waals surface area contributed by atoms with Gasteiger partial charge < -0.3 is 20.1 Å². The fraction of sp³-hybridized carbons (Fsp3) is 0.625. The van der Waals surface area contributed by atoms with E-state index in [1.165, 1.54) is 24.9 Å². The first kappa shape index (κ1) is 15.1. The van der Waals surface area contributed by atoms with Gasteiger partial charge in [-0.1, -0.05) is 6.07 Å². The smallest absolute Gasteiger partial charge is 0.160 e. The Balaban J connectivity index is 1.93. The highest BCUT2D eigenvalue weighted by Gasteiger charge is 2.23. The van der Waals surface area contributed by atoms with Crippen LogP contribution in [0.1, 0.15) is 24.8 Å². The Kier molecular flexibility index (Phi) is 5.68. The normalized spacial score (nSPS) is 19.2. The fourth-order valence-corrected chi connectivity index (χ4v) is 3.02. The van der Waals surface area contributed by atoms with Crippen LogP contribution in [0.5, 0.6) is 11.5 Å². The highest BCUT2D eigenvalue weighted by Crippen LogP contribution is 2.28. The van der Waals surface area contributed by atoms with Crippen molar-refractivity contribution in [3.63, 3.8) is 0 Å². The van der Waals surface area contributed by atoms with Gasteiger partial charge in [0.1, 0.15) is 0 Å². The van der Waals surface area contributed by atoms with Crippen molar-refractivity contribution in [2.45, 2.75) is 31.7 Å². The molecule has 1 fully saturated rings. The summed E-state index contributed by atoms with van der Waals surface area (Å²) in [7, 11) is 3.35. The van der Waals surface area contributed by atoms with Crippen LogP contribution in [0.2, 0.25) is 0 Å². The Hall–Kier alpha value is -1.26. The molecule has 0 radical (unpaired) electrons. The third-order valence-electron chi connectivity index (χ3n) is 4.13. The molecule has 0 bridgehead atoms. The van der Waals surface area contributed by atoms with Crippen LogP contribution in [0.3, 0.4) is 0 Å². The zero-order valence-corrected chi connectivity index (χ0v) is 12.6. The van der Waals surface area contributed by atoms with Crippen molar-refractivity contribution in [3.05, 3.63) is 23.8 Å². The minimum Gasteiger partial charge on any atom is -0.493 e. The number of methoxy groups -OCH3 is 2. The Morgan fingerprint density at radius 3 is 2.75 bits per heavy atom. The van der Waals surface area contributed by atoms with E-state index in [9.17, 15) is 0 Å². The number of nitrogens with two attached hydrogens (primary N) is 1. The van der Waals surface area contributed by atoms with Crippen molar-refractivity contribution in [2.24, 2.45) is 5.73 Å². The molecule has 112 valence electrons. The largest absolute Gasteiger partial charge is 0.493 e. The molecule has 2 N–H and O–H groups in total. The van der Waals surface area contributed by atoms with Gasteiger partial charge in [-0.15, -0.1) is 0 Å². The maximum Gasteiger partial charge on any atom is 0.160 e. The molecular weight excluding hydrogens is 252 g/mol. The summed E-state index contributed by atoms with van der Waals surface area (Å²) in [6.07, 6.45) is 4.76. The van der Waals surface area contributed by atoms with Crippen LogP contribution in [-0.2, 0) is 6.42 Å². The maximum absolute atomic E-state index is 5.69. The highest BCUT2D eigenvalue weighted by molar-refractivity contribution is 5.42. The van der Waals surface area contributed by atoms with Gasteiger partial charge in [-0.05, 0) is 56.5 Å². The standard InChI is InChI=1S/C16H26N2O2/c1-19-15-6-5-13(12-16(15)20-2)8-11-18-10-3-4-14(18)7-9-17/h5-6,12,14H,3-4,7-11,17H2,1-2H3. The summed E-state index contributed by atoms with van der Waals surface area (Å²) in [5.74, 6) is 1.60. The Morgan fingerprint density at radius 2 is 2.05 bits per heavy atom. The Labute approximate surface area is 121 Å². The van der Waals surface area contributed by atoms with Gasteiger partial charge >= 0.3 is 0 Å². The molecule has 0 aromatic heterocycles. The van der Waals surface area contributed by atoms with Gasteiger partial charge in [0.15, 0.2) is 11.5 Å². The van der Waals surface area contributed by atoms with Gasteiger partial charge in [-0.2, -0.15) is 0 Å². The first-order valence-corrected chi connectivity index (χ1v) is 7.43. The predicted molar refractivity (Wildman–Crippen MR) is 81.5 cm³/mol. The molecular formula is C16H26N2O2. The molecule has 0 saturated carbocycles. The van der Waals surface area contributed by atoms with Gasteiger partial charge in [0.2, 0.25) is 0 Å². The van der Waals surface area contributed by atoms with E-state index in [1.54, 1.807) is 14.2 Å². The quantitative estimate of drug-likeness (QED) is 0.829. The molecule has 1 atom stereocenters. The fourth-order valence-electron chi connectivity index (χ4n) is 3.02. The minimum absolute atomic E-state index is 0.681. The zero-order valence-electron chi connectivity index (χ0n) is 12.6. The number of hydrogen-bond donors (Lipinski definition) is 1. The number of rotatable bonds is 7. The van der Waals surface area contributed by atoms with Crippen LogP contribution in [0.15, 0.2) is 18.2 Å². The lowest BCUT2D eigenvalue weighted by Crippen LogP contribution is -2.32. The Morgan fingerprint density at radius 1 is 1.25 bits per heavy atom. The molecule has 2 rings (SSSR count). The average molecular weight is 278 g/mol. The SMILES string of the molecule is COc1ccc(CCN2CCCC2CCN)cc1OC. The van der Waals surface area contributed by atoms with Crippen LogP contribution in [-0.4, -0.2) is 44.8 Å². The lowest BCUT2D eigenvalue weighted by atomic mass is 10.1. The molecule has 4 nitrogen and oxygen atoms in total. The number of ether oxygens (including phenoxy) is 2. The number of likely N-dealkylation sites (tertiary alicyclic amines) is 1. The van der Waals surface area contributed by atoms with Crippen LogP contribution in [0, 0.1) is 0 Å². The second-order valence-electron chi connectivity index (χ2n) is 5.35. The number of nitrogens with zero attached hydrogens (tertiary/aromatic N) is 1. The lowest BCUT2D eigenvalue weighted by Gasteiger charge is -2.24. The van der Waals surface area contributed by atoms with Crippen molar-refractivity contribution >= 4 is 0 Å². The molecule has 1 aliphatic heterocycles. The van der Waals surface area contributed by atoms with Gasteiger partial charge in [-0.3, -0.25) is 0 Å². The molecule has 1 heterocycles. The van der Waals surface area contributed by atoms with Crippen LogP contribution in [0.4, 0.5) is 0 Å². The lowest BCUT2D eigenvalue weighted by molar-refractivity contribution is 0.248. The summed E-state index contributed by atoms with van der Waals surface area (Å²) in [4.78, 5) is 2.57. The van der Waals surface area contributed by atoms with E-state index in [0.717, 1.165) is 37.4 Å². The van der Waals surface area contributed by atoms with Crippen LogP contribution in [0.25, 0.3) is 0 Å². The molecule has 1 aromatic rings. The van der Waals surface area contributed by atoms with Gasteiger partial charge in [-0.25, -0.2) is 0 Å². The first-order chi connectivity index (χ1) is 9.78. The summed E-state index contributed by atoms with van der Waals surface area (Å²) < 4.78 is 10.6. The van der Waals surface area contributed by atoms with Crippen molar-refractivity contribution in [1.29, 1.82) is 0 Å². The van der Waals surface area contributed by atoms with Crippen molar-refractivity contribution in [1.82, 2.24) is 4.90 Å². The minimum atomic E-state index is 0.681. The van der Waals surface area contributed by atoms with Gasteiger partial charge in [0.25, 0.3) is 0 Å². The second-order valence-corrected chi connectivity index (χ2v) is 5.35. The summed E-state index contributed by atoms with van der Waals surface area (Å²) in [5.41, 5.74) is 6.98. The summed E-state index contributed by atoms with van der Waals surface area (Å²) in [6.45, 7) is 3.09. The molecule has 0 spiro atoms. The first-order valence-electron chi connectivity index (χ1n) is 7.43. The molecule has 1 saturated heterocycles. The van der Waals surface area contributed by atoms with E-state index in [0.29, 0.717) is 6.04 Å². The maximum atomic E-state index is 5.69. The Bertz CT molecular complexity index is 423. The summed E-state index contributed by atoms with van der Waals surface area (Å²) in [5, 5.41) is 0. The van der Waals surface area contributed by atoms with Gasteiger partial charge in [0, 0.05) is 12.6 Å². The van der Waals surface area contributed by atoms with Crippen LogP contribution < -0.4 is 15.2 Å².